The van der Waals surface area contributed by atoms with E-state index in [1.54, 1.807) is 11.0 Å². The third kappa shape index (κ3) is 4.61. The Kier molecular flexibility index (Phi) is 5.73. The zero-order chi connectivity index (χ0) is 19.3. The van der Waals surface area contributed by atoms with Gasteiger partial charge in [-0.2, -0.15) is 0 Å². The number of hydrogen-bond donors (Lipinski definition) is 1. The van der Waals surface area contributed by atoms with Gasteiger partial charge in [-0.15, -0.1) is 0 Å². The Bertz CT molecular complexity index is 814. The van der Waals surface area contributed by atoms with Crippen molar-refractivity contribution in [3.8, 4) is 0 Å². The minimum atomic E-state index is -0.198. The normalized spacial score (nSPS) is 20.5. The average molecular weight is 383 g/mol. The van der Waals surface area contributed by atoms with Gasteiger partial charge < -0.3 is 19.4 Å². The number of benzene rings is 1. The van der Waals surface area contributed by atoms with Crippen LogP contribution in [0, 0.1) is 0 Å². The lowest BCUT2D eigenvalue weighted by atomic mass is 10.2. The minimum absolute atomic E-state index is 0.0642. The molecule has 148 valence electrons. The van der Waals surface area contributed by atoms with E-state index in [1.165, 1.54) is 6.26 Å². The van der Waals surface area contributed by atoms with Crippen LogP contribution in [-0.4, -0.2) is 60.5 Å². The number of nitrogens with zero attached hydrogens (tertiary/aromatic N) is 2. The van der Waals surface area contributed by atoms with E-state index >= 15 is 0 Å². The van der Waals surface area contributed by atoms with Crippen LogP contribution >= 0.6 is 0 Å². The lowest BCUT2D eigenvalue weighted by Gasteiger charge is -2.25. The maximum atomic E-state index is 12.5. The first-order valence-corrected chi connectivity index (χ1v) is 9.67. The maximum absolute atomic E-state index is 12.5. The summed E-state index contributed by atoms with van der Waals surface area (Å²) in [6.45, 7) is 4.95. The number of carbonyl (C=O) groups excluding carboxylic acids is 2. The Morgan fingerprint density at radius 2 is 1.93 bits per heavy atom. The van der Waals surface area contributed by atoms with Crippen molar-refractivity contribution in [2.75, 3.05) is 32.8 Å². The monoisotopic (exact) mass is 383 g/mol. The first kappa shape index (κ1) is 18.7. The second-order valence-electron chi connectivity index (χ2n) is 7.32. The smallest absolute Gasteiger partial charge is 0.254 e. The molecule has 1 unspecified atom stereocenters. The molecular weight excluding hydrogens is 358 g/mol. The van der Waals surface area contributed by atoms with Gasteiger partial charge in [0, 0.05) is 32.6 Å². The van der Waals surface area contributed by atoms with Crippen molar-refractivity contribution in [1.29, 1.82) is 0 Å². The highest BCUT2D eigenvalue weighted by molar-refractivity contribution is 5.94. The Morgan fingerprint density at radius 1 is 1.14 bits per heavy atom. The summed E-state index contributed by atoms with van der Waals surface area (Å²) in [6, 6.07) is 11.5. The molecule has 1 atom stereocenters. The molecule has 4 rings (SSSR count). The number of carbonyl (C=O) groups is 2. The van der Waals surface area contributed by atoms with Crippen LogP contribution < -0.4 is 5.32 Å². The van der Waals surface area contributed by atoms with Crippen LogP contribution in [0.3, 0.4) is 0 Å². The fourth-order valence-electron chi connectivity index (χ4n) is 3.66. The van der Waals surface area contributed by atoms with Gasteiger partial charge in [0.25, 0.3) is 5.91 Å². The van der Waals surface area contributed by atoms with E-state index in [0.717, 1.165) is 37.6 Å². The fourth-order valence-corrected chi connectivity index (χ4v) is 3.66. The first-order valence-electron chi connectivity index (χ1n) is 9.67. The fraction of sp³-hybridized carbons (Fsp3) is 0.429. The highest BCUT2D eigenvalue weighted by Crippen LogP contribution is 2.17. The predicted molar refractivity (Wildman–Crippen MR) is 103 cm³/mol. The second-order valence-corrected chi connectivity index (χ2v) is 7.32. The molecule has 2 aliphatic rings. The van der Waals surface area contributed by atoms with E-state index in [1.807, 2.05) is 30.3 Å². The maximum Gasteiger partial charge on any atom is 0.254 e. The van der Waals surface area contributed by atoms with E-state index < -0.39 is 0 Å². The number of amides is 2. The van der Waals surface area contributed by atoms with Crippen LogP contribution in [0.4, 0.5) is 0 Å². The summed E-state index contributed by atoms with van der Waals surface area (Å²) in [7, 11) is 0. The number of likely N-dealkylation sites (tertiary alicyclic amines) is 1. The Hall–Kier alpha value is -2.64. The molecule has 2 aliphatic heterocycles. The van der Waals surface area contributed by atoms with E-state index in [4.69, 9.17) is 9.15 Å². The van der Waals surface area contributed by atoms with Gasteiger partial charge in [0.1, 0.15) is 12.0 Å². The molecule has 2 aromatic rings. The summed E-state index contributed by atoms with van der Waals surface area (Å²) in [5, 5.41) is 2.96. The van der Waals surface area contributed by atoms with Crippen LogP contribution in [0.5, 0.6) is 0 Å². The molecule has 0 aliphatic carbocycles. The summed E-state index contributed by atoms with van der Waals surface area (Å²) >= 11 is 0. The molecule has 1 aromatic carbocycles. The van der Waals surface area contributed by atoms with Gasteiger partial charge >= 0.3 is 0 Å². The summed E-state index contributed by atoms with van der Waals surface area (Å²) in [4.78, 5) is 28.8. The van der Waals surface area contributed by atoms with Crippen molar-refractivity contribution in [1.82, 2.24) is 15.1 Å². The first-order chi connectivity index (χ1) is 13.7. The van der Waals surface area contributed by atoms with Gasteiger partial charge in [0.15, 0.2) is 0 Å². The van der Waals surface area contributed by atoms with Crippen LogP contribution in [0.1, 0.15) is 28.1 Å². The number of hydrogen-bond acceptors (Lipinski definition) is 5. The van der Waals surface area contributed by atoms with Crippen molar-refractivity contribution in [3.63, 3.8) is 0 Å². The van der Waals surface area contributed by atoms with Gasteiger partial charge in [-0.3, -0.25) is 14.5 Å². The van der Waals surface area contributed by atoms with Crippen molar-refractivity contribution in [2.45, 2.75) is 25.6 Å². The number of furan rings is 1. The highest BCUT2D eigenvalue weighted by atomic mass is 16.5. The van der Waals surface area contributed by atoms with Crippen molar-refractivity contribution in [2.24, 2.45) is 0 Å². The van der Waals surface area contributed by atoms with Crippen LogP contribution in [0.25, 0.3) is 0 Å². The molecule has 3 heterocycles. The predicted octanol–water partition coefficient (Wildman–Crippen LogP) is 1.64. The van der Waals surface area contributed by atoms with Gasteiger partial charge in [0.2, 0.25) is 5.91 Å². The number of ether oxygens (including phenoxy) is 1. The number of rotatable bonds is 6. The van der Waals surface area contributed by atoms with Crippen molar-refractivity contribution in [3.05, 3.63) is 59.5 Å². The molecule has 0 radical (unpaired) electrons. The van der Waals surface area contributed by atoms with Gasteiger partial charge in [-0.05, 0) is 11.6 Å². The standard InChI is InChI=1S/C21H25N3O4/c25-20-11-18(13-24(20)12-16-4-2-1-3-5-16)22-21(26)17-10-19(28-15-17)14-23-6-8-27-9-7-23/h1-5,10,15,18H,6-9,11-14H2,(H,22,26). The molecule has 1 N–H and O–H groups in total. The summed E-state index contributed by atoms with van der Waals surface area (Å²) in [6.07, 6.45) is 1.82. The molecular formula is C21H25N3O4. The molecule has 0 spiro atoms. The van der Waals surface area contributed by atoms with Crippen LogP contribution in [-0.2, 0) is 22.6 Å². The molecule has 7 nitrogen and oxygen atoms in total. The summed E-state index contributed by atoms with van der Waals surface area (Å²) < 4.78 is 10.9. The highest BCUT2D eigenvalue weighted by Gasteiger charge is 2.31. The topological polar surface area (TPSA) is 75.0 Å². The van der Waals surface area contributed by atoms with Gasteiger partial charge in [-0.1, -0.05) is 30.3 Å². The quantitative estimate of drug-likeness (QED) is 0.821. The molecule has 28 heavy (non-hydrogen) atoms. The molecule has 7 heteroatoms. The lowest BCUT2D eigenvalue weighted by molar-refractivity contribution is -0.128. The SMILES string of the molecule is O=C(NC1CC(=O)N(Cc2ccccc2)C1)c1coc(CN2CCOCC2)c1. The average Bonchev–Trinajstić information content (AvgIpc) is 3.30. The Labute approximate surface area is 164 Å². The van der Waals surface area contributed by atoms with Crippen LogP contribution in [0.2, 0.25) is 0 Å². The van der Waals surface area contributed by atoms with Crippen molar-refractivity contribution >= 4 is 11.8 Å². The molecule has 0 bridgehead atoms. The van der Waals surface area contributed by atoms with E-state index in [0.29, 0.717) is 31.6 Å². The lowest BCUT2D eigenvalue weighted by Crippen LogP contribution is -2.37. The van der Waals surface area contributed by atoms with Crippen molar-refractivity contribution < 1.29 is 18.7 Å². The molecule has 1 aromatic heterocycles. The summed E-state index contributed by atoms with van der Waals surface area (Å²) in [5.74, 6) is 0.631. The van der Waals surface area contributed by atoms with E-state index in [2.05, 4.69) is 10.2 Å². The molecule has 0 saturated carbocycles. The Balaban J connectivity index is 1.29. The molecule has 2 fully saturated rings. The van der Waals surface area contributed by atoms with E-state index in [-0.39, 0.29) is 17.9 Å². The molecule has 2 amide bonds. The zero-order valence-electron chi connectivity index (χ0n) is 15.8. The summed E-state index contributed by atoms with van der Waals surface area (Å²) in [5.41, 5.74) is 1.59. The largest absolute Gasteiger partial charge is 0.467 e. The second kappa shape index (κ2) is 8.58. The third-order valence-electron chi connectivity index (χ3n) is 5.17. The third-order valence-corrected chi connectivity index (χ3v) is 5.17. The zero-order valence-corrected chi connectivity index (χ0v) is 15.8. The minimum Gasteiger partial charge on any atom is -0.467 e. The van der Waals surface area contributed by atoms with Gasteiger partial charge in [0.05, 0.1) is 31.4 Å². The Morgan fingerprint density at radius 3 is 2.71 bits per heavy atom. The van der Waals surface area contributed by atoms with E-state index in [9.17, 15) is 9.59 Å². The molecule has 2 saturated heterocycles. The van der Waals surface area contributed by atoms with Gasteiger partial charge in [-0.25, -0.2) is 0 Å². The number of morpholine rings is 1. The van der Waals surface area contributed by atoms with Crippen LogP contribution in [0.15, 0.2) is 47.1 Å². The number of nitrogens with one attached hydrogen (secondary N) is 1.